The van der Waals surface area contributed by atoms with E-state index in [0.29, 0.717) is 10.0 Å². The molecule has 1 aromatic rings. The standard InChI is InChI=1S/C13H12BrF3N2O2/c14-10-4-2-1-3-9(10)11(20)18-5-7-19(8-6-18)12(21)13(15,16)17/h1-4H,5-8H2. The first-order chi connectivity index (χ1) is 9.80. The molecule has 0 N–H and O–H groups in total. The Morgan fingerprint density at radius 3 is 2.05 bits per heavy atom. The molecule has 0 atom stereocenters. The van der Waals surface area contributed by atoms with Gasteiger partial charge in [-0.05, 0) is 28.1 Å². The van der Waals surface area contributed by atoms with Gasteiger partial charge in [0.2, 0.25) is 0 Å². The number of hydrogen-bond acceptors (Lipinski definition) is 2. The van der Waals surface area contributed by atoms with E-state index in [-0.39, 0.29) is 32.1 Å². The fourth-order valence-corrected chi connectivity index (χ4v) is 2.55. The summed E-state index contributed by atoms with van der Waals surface area (Å²) in [4.78, 5) is 25.5. The molecule has 1 aliphatic rings. The van der Waals surface area contributed by atoms with E-state index < -0.39 is 12.1 Å². The highest BCUT2D eigenvalue weighted by Gasteiger charge is 2.43. The molecule has 1 heterocycles. The van der Waals surface area contributed by atoms with Crippen LogP contribution in [0.5, 0.6) is 0 Å². The van der Waals surface area contributed by atoms with Crippen molar-refractivity contribution in [1.29, 1.82) is 0 Å². The van der Waals surface area contributed by atoms with Crippen molar-refractivity contribution in [3.63, 3.8) is 0 Å². The normalized spacial score (nSPS) is 16.0. The van der Waals surface area contributed by atoms with Crippen LogP contribution in [-0.2, 0) is 4.79 Å². The first kappa shape index (κ1) is 15.8. The number of hydrogen-bond donors (Lipinski definition) is 0. The Balaban J connectivity index is 2.00. The first-order valence-corrected chi connectivity index (χ1v) is 7.00. The maximum atomic E-state index is 12.3. The van der Waals surface area contributed by atoms with Crippen molar-refractivity contribution in [2.24, 2.45) is 0 Å². The number of amides is 2. The van der Waals surface area contributed by atoms with Crippen molar-refractivity contribution in [2.75, 3.05) is 26.2 Å². The molecule has 4 nitrogen and oxygen atoms in total. The number of alkyl halides is 3. The molecule has 0 aliphatic carbocycles. The number of rotatable bonds is 1. The van der Waals surface area contributed by atoms with Crippen LogP contribution in [0.3, 0.4) is 0 Å². The van der Waals surface area contributed by atoms with Crippen molar-refractivity contribution in [3.05, 3.63) is 34.3 Å². The van der Waals surface area contributed by atoms with E-state index in [1.165, 1.54) is 4.90 Å². The largest absolute Gasteiger partial charge is 0.471 e. The van der Waals surface area contributed by atoms with Crippen LogP contribution in [0.2, 0.25) is 0 Å². The number of carbonyl (C=O) groups excluding carboxylic acids is 2. The maximum Gasteiger partial charge on any atom is 0.471 e. The Bertz CT molecular complexity index is 555. The highest BCUT2D eigenvalue weighted by molar-refractivity contribution is 9.10. The van der Waals surface area contributed by atoms with Gasteiger partial charge >= 0.3 is 12.1 Å². The summed E-state index contributed by atoms with van der Waals surface area (Å²) in [6, 6.07) is 6.83. The second-order valence-corrected chi connectivity index (χ2v) is 5.42. The number of halogens is 4. The lowest BCUT2D eigenvalue weighted by Crippen LogP contribution is -2.53. The summed E-state index contributed by atoms with van der Waals surface area (Å²) in [5.74, 6) is -2.11. The molecule has 0 bridgehead atoms. The van der Waals surface area contributed by atoms with Crippen LogP contribution in [0, 0.1) is 0 Å². The number of piperazine rings is 1. The van der Waals surface area contributed by atoms with Gasteiger partial charge in [0.25, 0.3) is 5.91 Å². The third kappa shape index (κ3) is 3.55. The average molecular weight is 365 g/mol. The summed E-state index contributed by atoms with van der Waals surface area (Å²) in [7, 11) is 0. The molecular weight excluding hydrogens is 353 g/mol. The second kappa shape index (κ2) is 6.05. The minimum Gasteiger partial charge on any atom is -0.335 e. The van der Waals surface area contributed by atoms with Gasteiger partial charge in [-0.1, -0.05) is 12.1 Å². The van der Waals surface area contributed by atoms with Gasteiger partial charge in [0.05, 0.1) is 5.56 Å². The second-order valence-electron chi connectivity index (χ2n) is 4.56. The van der Waals surface area contributed by atoms with E-state index in [9.17, 15) is 22.8 Å². The molecule has 0 spiro atoms. The van der Waals surface area contributed by atoms with Gasteiger partial charge in [-0.3, -0.25) is 9.59 Å². The zero-order valence-electron chi connectivity index (χ0n) is 10.9. The Morgan fingerprint density at radius 2 is 1.52 bits per heavy atom. The third-order valence-corrected chi connectivity index (χ3v) is 3.89. The Kier molecular flexibility index (Phi) is 4.55. The van der Waals surface area contributed by atoms with Gasteiger partial charge < -0.3 is 9.80 Å². The van der Waals surface area contributed by atoms with Crippen LogP contribution < -0.4 is 0 Å². The predicted octanol–water partition coefficient (Wildman–Crippen LogP) is 2.30. The molecule has 0 unspecified atom stereocenters. The summed E-state index contributed by atoms with van der Waals surface area (Å²) in [6.45, 7) is -0.0625. The fourth-order valence-electron chi connectivity index (χ4n) is 2.10. The smallest absolute Gasteiger partial charge is 0.335 e. The quantitative estimate of drug-likeness (QED) is 0.767. The molecule has 114 valence electrons. The molecule has 1 fully saturated rings. The van der Waals surface area contributed by atoms with Gasteiger partial charge in [0, 0.05) is 30.7 Å². The molecule has 0 aromatic heterocycles. The van der Waals surface area contributed by atoms with E-state index >= 15 is 0 Å². The Labute approximate surface area is 127 Å². The van der Waals surface area contributed by atoms with Crippen LogP contribution in [0.4, 0.5) is 13.2 Å². The van der Waals surface area contributed by atoms with Gasteiger partial charge in [-0.25, -0.2) is 0 Å². The van der Waals surface area contributed by atoms with Crippen molar-refractivity contribution >= 4 is 27.7 Å². The predicted molar refractivity (Wildman–Crippen MR) is 72.7 cm³/mol. The number of benzene rings is 1. The van der Waals surface area contributed by atoms with Crippen LogP contribution in [0.1, 0.15) is 10.4 Å². The SMILES string of the molecule is O=C(c1ccccc1Br)N1CCN(C(=O)C(F)(F)F)CC1. The van der Waals surface area contributed by atoms with E-state index in [1.807, 2.05) is 0 Å². The maximum absolute atomic E-state index is 12.3. The zero-order chi connectivity index (χ0) is 15.6. The van der Waals surface area contributed by atoms with Crippen molar-refractivity contribution < 1.29 is 22.8 Å². The lowest BCUT2D eigenvalue weighted by Gasteiger charge is -2.35. The summed E-state index contributed by atoms with van der Waals surface area (Å²) < 4.78 is 37.6. The first-order valence-electron chi connectivity index (χ1n) is 6.20. The van der Waals surface area contributed by atoms with Crippen LogP contribution in [0.15, 0.2) is 28.7 Å². The van der Waals surface area contributed by atoms with Gasteiger partial charge in [0.1, 0.15) is 0 Å². The molecule has 21 heavy (non-hydrogen) atoms. The molecule has 2 rings (SSSR count). The van der Waals surface area contributed by atoms with Gasteiger partial charge in [-0.2, -0.15) is 13.2 Å². The zero-order valence-corrected chi connectivity index (χ0v) is 12.4. The molecule has 1 saturated heterocycles. The van der Waals surface area contributed by atoms with Crippen molar-refractivity contribution in [1.82, 2.24) is 9.80 Å². The molecular formula is C13H12BrF3N2O2. The average Bonchev–Trinajstić information content (AvgIpc) is 2.45. The lowest BCUT2D eigenvalue weighted by atomic mass is 10.2. The number of nitrogens with zero attached hydrogens (tertiary/aromatic N) is 2. The topological polar surface area (TPSA) is 40.6 Å². The highest BCUT2D eigenvalue weighted by Crippen LogP contribution is 2.21. The van der Waals surface area contributed by atoms with Gasteiger partial charge in [0.15, 0.2) is 0 Å². The summed E-state index contributed by atoms with van der Waals surface area (Å²) in [6.07, 6.45) is -4.87. The van der Waals surface area contributed by atoms with Crippen LogP contribution in [-0.4, -0.2) is 54.0 Å². The van der Waals surface area contributed by atoms with Crippen LogP contribution in [0.25, 0.3) is 0 Å². The fraction of sp³-hybridized carbons (Fsp3) is 0.385. The Morgan fingerprint density at radius 1 is 1.00 bits per heavy atom. The molecule has 0 saturated carbocycles. The minimum absolute atomic E-state index is 0.0853. The summed E-state index contributed by atoms with van der Waals surface area (Å²) >= 11 is 3.26. The van der Waals surface area contributed by atoms with Gasteiger partial charge in [-0.15, -0.1) is 0 Å². The third-order valence-electron chi connectivity index (χ3n) is 3.20. The van der Waals surface area contributed by atoms with E-state index in [1.54, 1.807) is 24.3 Å². The highest BCUT2D eigenvalue weighted by atomic mass is 79.9. The van der Waals surface area contributed by atoms with Crippen LogP contribution >= 0.6 is 15.9 Å². The number of carbonyl (C=O) groups is 2. The summed E-state index contributed by atoms with van der Waals surface area (Å²) in [5.41, 5.74) is 0.452. The molecule has 2 amide bonds. The molecule has 8 heteroatoms. The Hall–Kier alpha value is -1.57. The van der Waals surface area contributed by atoms with E-state index in [0.717, 1.165) is 4.90 Å². The monoisotopic (exact) mass is 364 g/mol. The molecule has 1 aliphatic heterocycles. The van der Waals surface area contributed by atoms with Crippen molar-refractivity contribution in [3.8, 4) is 0 Å². The van der Waals surface area contributed by atoms with E-state index in [4.69, 9.17) is 0 Å². The molecule has 1 aromatic carbocycles. The lowest BCUT2D eigenvalue weighted by molar-refractivity contribution is -0.186. The summed E-state index contributed by atoms with van der Waals surface area (Å²) in [5, 5.41) is 0. The molecule has 0 radical (unpaired) electrons. The van der Waals surface area contributed by atoms with E-state index in [2.05, 4.69) is 15.9 Å². The van der Waals surface area contributed by atoms with Crippen molar-refractivity contribution in [2.45, 2.75) is 6.18 Å². The minimum atomic E-state index is -4.87.